The summed E-state index contributed by atoms with van der Waals surface area (Å²) in [5.74, 6) is -1.29. The first kappa shape index (κ1) is 26.0. The van der Waals surface area contributed by atoms with Crippen molar-refractivity contribution in [2.75, 3.05) is 0 Å². The molecule has 41 heavy (non-hydrogen) atoms. The van der Waals surface area contributed by atoms with Crippen LogP contribution in [0, 0.1) is 5.82 Å². The summed E-state index contributed by atoms with van der Waals surface area (Å²) in [6.45, 7) is 1.81. The van der Waals surface area contributed by atoms with Crippen molar-refractivity contribution >= 4 is 33.6 Å². The van der Waals surface area contributed by atoms with Crippen molar-refractivity contribution in [2.24, 2.45) is 0 Å². The van der Waals surface area contributed by atoms with Crippen LogP contribution < -0.4 is 5.32 Å². The third kappa shape index (κ3) is 5.17. The topological polar surface area (TPSA) is 92.4 Å². The summed E-state index contributed by atoms with van der Waals surface area (Å²) in [5, 5.41) is 19.2. The van der Waals surface area contributed by atoms with Gasteiger partial charge in [-0.05, 0) is 64.7 Å². The average molecular weight is 545 g/mol. The van der Waals surface area contributed by atoms with Crippen LogP contribution in [0.1, 0.15) is 50.6 Å². The van der Waals surface area contributed by atoms with E-state index in [1.165, 1.54) is 18.2 Å². The van der Waals surface area contributed by atoms with Crippen molar-refractivity contribution in [3.63, 3.8) is 0 Å². The Bertz CT molecular complexity index is 1930. The van der Waals surface area contributed by atoms with E-state index in [0.717, 1.165) is 21.9 Å². The number of halogens is 1. The Balaban J connectivity index is 1.41. The smallest absolute Gasteiger partial charge is 0.335 e. The molecule has 1 amide bonds. The zero-order valence-electron chi connectivity index (χ0n) is 22.1. The van der Waals surface area contributed by atoms with Crippen molar-refractivity contribution in [3.05, 3.63) is 137 Å². The van der Waals surface area contributed by atoms with Crippen molar-refractivity contribution in [3.8, 4) is 11.1 Å². The molecule has 0 saturated carbocycles. The normalized spacial score (nSPS) is 12.0. The average Bonchev–Trinajstić information content (AvgIpc) is 3.39. The molecule has 0 aliphatic rings. The Kier molecular flexibility index (Phi) is 6.77. The summed E-state index contributed by atoms with van der Waals surface area (Å²) in [5.41, 5.74) is 3.51. The molecule has 0 saturated heterocycles. The van der Waals surface area contributed by atoms with Crippen molar-refractivity contribution in [2.45, 2.75) is 19.4 Å². The third-order valence-electron chi connectivity index (χ3n) is 7.26. The number of hydrogen-bond donors (Lipinski definition) is 2. The molecule has 6 rings (SSSR count). The van der Waals surface area contributed by atoms with Gasteiger partial charge in [0.15, 0.2) is 0 Å². The minimum atomic E-state index is -1.02. The van der Waals surface area contributed by atoms with Crippen LogP contribution in [0.3, 0.4) is 0 Å². The van der Waals surface area contributed by atoms with Crippen LogP contribution in [0.4, 0.5) is 4.39 Å². The van der Waals surface area contributed by atoms with Crippen LogP contribution >= 0.6 is 0 Å². The molecule has 5 aromatic carbocycles. The molecule has 7 heteroatoms. The lowest BCUT2D eigenvalue weighted by Crippen LogP contribution is -2.27. The van der Waals surface area contributed by atoms with Crippen LogP contribution in [0.15, 0.2) is 108 Å². The fraction of sp³-hybridized carbons (Fsp3) is 0.0882. The lowest BCUT2D eigenvalue weighted by molar-refractivity contribution is 0.0696. The zero-order valence-corrected chi connectivity index (χ0v) is 22.1. The molecule has 0 spiro atoms. The number of aromatic nitrogens is 1. The highest BCUT2D eigenvalue weighted by molar-refractivity contribution is 6.09. The molecule has 6 aromatic rings. The molecule has 202 valence electrons. The number of carbonyl (C=O) groups is 2. The van der Waals surface area contributed by atoms with Gasteiger partial charge < -0.3 is 14.9 Å². The molecule has 1 heterocycles. The highest BCUT2D eigenvalue weighted by Crippen LogP contribution is 2.33. The summed E-state index contributed by atoms with van der Waals surface area (Å²) in [7, 11) is 0. The standard InChI is InChI=1S/C34H25FN2O4/c1-20(22-12-14-24(15-13-22)34(39)40)36-33(38)28-18-26(27-8-4-5-9-29(27)35)19-30-32(28)31(41-37-30)17-21-10-11-23-6-2-3-7-25(23)16-21/h2-16,18-20H,17H2,1H3,(H,36,38)(H,39,40)/t20-/m0/s1. The Morgan fingerprint density at radius 3 is 2.39 bits per heavy atom. The van der Waals surface area contributed by atoms with Gasteiger partial charge in [-0.3, -0.25) is 4.79 Å². The molecule has 1 atom stereocenters. The van der Waals surface area contributed by atoms with Gasteiger partial charge in [0.05, 0.1) is 22.6 Å². The lowest BCUT2D eigenvalue weighted by Gasteiger charge is -2.16. The summed E-state index contributed by atoms with van der Waals surface area (Å²) in [6.07, 6.45) is 0.410. The maximum absolute atomic E-state index is 14.8. The minimum absolute atomic E-state index is 0.161. The molecule has 0 radical (unpaired) electrons. The zero-order chi connectivity index (χ0) is 28.5. The van der Waals surface area contributed by atoms with Crippen molar-refractivity contribution in [1.29, 1.82) is 0 Å². The van der Waals surface area contributed by atoms with E-state index in [2.05, 4.69) is 16.5 Å². The largest absolute Gasteiger partial charge is 0.478 e. The van der Waals surface area contributed by atoms with Gasteiger partial charge in [0.25, 0.3) is 5.91 Å². The molecule has 6 nitrogen and oxygen atoms in total. The van der Waals surface area contributed by atoms with Gasteiger partial charge in [-0.1, -0.05) is 78.0 Å². The van der Waals surface area contributed by atoms with Crippen LogP contribution in [-0.4, -0.2) is 22.1 Å². The number of benzene rings is 5. The molecule has 1 aromatic heterocycles. The quantitative estimate of drug-likeness (QED) is 0.216. The fourth-order valence-electron chi connectivity index (χ4n) is 5.10. The van der Waals surface area contributed by atoms with E-state index in [9.17, 15) is 19.1 Å². The van der Waals surface area contributed by atoms with E-state index >= 15 is 0 Å². The summed E-state index contributed by atoms with van der Waals surface area (Å²) in [6, 6.07) is 29.9. The van der Waals surface area contributed by atoms with Crippen LogP contribution in [0.25, 0.3) is 32.8 Å². The monoisotopic (exact) mass is 544 g/mol. The van der Waals surface area contributed by atoms with E-state index in [1.807, 2.05) is 43.3 Å². The highest BCUT2D eigenvalue weighted by atomic mass is 19.1. The van der Waals surface area contributed by atoms with Gasteiger partial charge >= 0.3 is 5.97 Å². The fourth-order valence-corrected chi connectivity index (χ4v) is 5.10. The van der Waals surface area contributed by atoms with Crippen molar-refractivity contribution < 1.29 is 23.6 Å². The minimum Gasteiger partial charge on any atom is -0.478 e. The first-order valence-electron chi connectivity index (χ1n) is 13.2. The molecule has 0 aliphatic carbocycles. The number of nitrogens with zero attached hydrogens (tertiary/aromatic N) is 1. The van der Waals surface area contributed by atoms with Gasteiger partial charge in [0, 0.05) is 12.0 Å². The highest BCUT2D eigenvalue weighted by Gasteiger charge is 2.22. The summed E-state index contributed by atoms with van der Waals surface area (Å²) in [4.78, 5) is 25.0. The SMILES string of the molecule is C[C@H](NC(=O)c1cc(-c2ccccc2F)cc2noc(Cc3ccc4ccccc4c3)c12)c1ccc(C(=O)O)cc1. The van der Waals surface area contributed by atoms with Crippen LogP contribution in [-0.2, 0) is 6.42 Å². The van der Waals surface area contributed by atoms with Gasteiger partial charge in [-0.25, -0.2) is 9.18 Å². The van der Waals surface area contributed by atoms with E-state index < -0.39 is 17.8 Å². The van der Waals surface area contributed by atoms with Crippen molar-refractivity contribution in [1.82, 2.24) is 10.5 Å². The summed E-state index contributed by atoms with van der Waals surface area (Å²) >= 11 is 0. The Morgan fingerprint density at radius 2 is 1.63 bits per heavy atom. The first-order chi connectivity index (χ1) is 19.9. The number of fused-ring (bicyclic) bond motifs is 2. The predicted molar refractivity (Wildman–Crippen MR) is 155 cm³/mol. The molecule has 0 aliphatic heterocycles. The van der Waals surface area contributed by atoms with Gasteiger partial charge in [-0.15, -0.1) is 0 Å². The second kappa shape index (κ2) is 10.7. The Labute approximate surface area is 235 Å². The molecule has 0 fully saturated rings. The molecular formula is C34H25FN2O4. The van der Waals surface area contributed by atoms with Gasteiger partial charge in [-0.2, -0.15) is 0 Å². The molecule has 0 unspecified atom stereocenters. The number of rotatable bonds is 7. The number of hydrogen-bond acceptors (Lipinski definition) is 4. The maximum Gasteiger partial charge on any atom is 0.335 e. The number of amides is 1. The van der Waals surface area contributed by atoms with Gasteiger partial charge in [0.1, 0.15) is 17.1 Å². The number of carbonyl (C=O) groups excluding carboxylic acids is 1. The van der Waals surface area contributed by atoms with Crippen LogP contribution in [0.2, 0.25) is 0 Å². The van der Waals surface area contributed by atoms with E-state index in [4.69, 9.17) is 4.52 Å². The number of carboxylic acids is 1. The number of carboxylic acid groups (broad SMARTS) is 1. The second-order valence-corrected chi connectivity index (χ2v) is 9.98. The van der Waals surface area contributed by atoms with E-state index in [0.29, 0.717) is 39.8 Å². The number of aromatic carboxylic acids is 1. The lowest BCUT2D eigenvalue weighted by atomic mass is 9.96. The first-order valence-corrected chi connectivity index (χ1v) is 13.2. The molecular weight excluding hydrogens is 519 g/mol. The number of nitrogens with one attached hydrogen (secondary N) is 1. The predicted octanol–water partition coefficient (Wildman–Crippen LogP) is 7.57. The molecule has 2 N–H and O–H groups in total. The summed E-state index contributed by atoms with van der Waals surface area (Å²) < 4.78 is 20.6. The second-order valence-electron chi connectivity index (χ2n) is 9.98. The van der Waals surface area contributed by atoms with Gasteiger partial charge in [0.2, 0.25) is 0 Å². The Hall–Kier alpha value is -5.30. The molecule has 0 bridgehead atoms. The maximum atomic E-state index is 14.8. The van der Waals surface area contributed by atoms with Crippen LogP contribution in [0.5, 0.6) is 0 Å². The van der Waals surface area contributed by atoms with E-state index in [1.54, 1.807) is 42.5 Å². The third-order valence-corrected chi connectivity index (χ3v) is 7.26. The Morgan fingerprint density at radius 1 is 0.902 bits per heavy atom. The van der Waals surface area contributed by atoms with E-state index in [-0.39, 0.29) is 11.5 Å².